The van der Waals surface area contributed by atoms with E-state index in [0.717, 1.165) is 44.0 Å². The van der Waals surface area contributed by atoms with Crippen molar-refractivity contribution in [3.8, 4) is 5.75 Å². The Morgan fingerprint density at radius 2 is 1.77 bits per heavy atom. The summed E-state index contributed by atoms with van der Waals surface area (Å²) < 4.78 is 15.9. The van der Waals surface area contributed by atoms with Crippen molar-refractivity contribution in [3.63, 3.8) is 0 Å². The lowest BCUT2D eigenvalue weighted by atomic mass is 10.1. The van der Waals surface area contributed by atoms with Gasteiger partial charge in [0.05, 0.1) is 25.9 Å². The molecule has 7 nitrogen and oxygen atoms in total. The highest BCUT2D eigenvalue weighted by Crippen LogP contribution is 2.18. The van der Waals surface area contributed by atoms with Gasteiger partial charge in [-0.15, -0.1) is 0 Å². The van der Waals surface area contributed by atoms with Crippen molar-refractivity contribution in [3.05, 3.63) is 65.2 Å². The van der Waals surface area contributed by atoms with Crippen molar-refractivity contribution in [1.82, 2.24) is 4.90 Å². The normalized spacial score (nSPS) is 14.2. The molecule has 0 atom stereocenters. The number of amides is 1. The highest BCUT2D eigenvalue weighted by molar-refractivity contribution is 5.91. The fourth-order valence-corrected chi connectivity index (χ4v) is 3.38. The topological polar surface area (TPSA) is 69.5 Å². The van der Waals surface area contributed by atoms with Crippen LogP contribution in [0.4, 0.5) is 0 Å². The molecule has 0 radical (unpaired) electrons. The Morgan fingerprint density at radius 3 is 2.47 bits per heavy atom. The van der Waals surface area contributed by atoms with Gasteiger partial charge in [0.15, 0.2) is 6.61 Å². The molecule has 7 heteroatoms. The Balaban J connectivity index is 1.47. The van der Waals surface area contributed by atoms with E-state index in [1.54, 1.807) is 26.3 Å². The molecule has 0 unspecified atom stereocenters. The van der Waals surface area contributed by atoms with Gasteiger partial charge in [0.25, 0.3) is 5.91 Å². The molecule has 0 aromatic heterocycles. The molecular formula is C23H29N2O5+. The molecule has 0 spiro atoms. The number of carbonyl (C=O) groups is 2. The summed E-state index contributed by atoms with van der Waals surface area (Å²) in [6.07, 6.45) is 0. The van der Waals surface area contributed by atoms with E-state index in [2.05, 4.69) is 0 Å². The zero-order valence-corrected chi connectivity index (χ0v) is 17.6. The number of benzene rings is 2. The van der Waals surface area contributed by atoms with Gasteiger partial charge in [-0.3, -0.25) is 4.79 Å². The average molecular weight is 413 g/mol. The van der Waals surface area contributed by atoms with E-state index < -0.39 is 5.97 Å². The molecule has 1 fully saturated rings. The summed E-state index contributed by atoms with van der Waals surface area (Å²) in [4.78, 5) is 27.6. The van der Waals surface area contributed by atoms with E-state index in [-0.39, 0.29) is 12.5 Å². The lowest BCUT2D eigenvalue weighted by Gasteiger charge is -2.23. The fraction of sp³-hybridized carbons (Fsp3) is 0.391. The molecule has 0 saturated carbocycles. The number of ether oxygens (including phenoxy) is 3. The first kappa shape index (κ1) is 21.8. The van der Waals surface area contributed by atoms with Crippen LogP contribution in [0.15, 0.2) is 48.5 Å². The number of carbonyl (C=O) groups excluding carboxylic acids is 2. The second-order valence-electron chi connectivity index (χ2n) is 7.37. The number of hydrogen-bond donors (Lipinski definition) is 1. The van der Waals surface area contributed by atoms with Crippen molar-refractivity contribution in [2.24, 2.45) is 0 Å². The first-order valence-electron chi connectivity index (χ1n) is 10.1. The maximum absolute atomic E-state index is 12.4. The average Bonchev–Trinajstić information content (AvgIpc) is 2.78. The highest BCUT2D eigenvalue weighted by atomic mass is 16.5. The van der Waals surface area contributed by atoms with Gasteiger partial charge in [-0.1, -0.05) is 30.3 Å². The van der Waals surface area contributed by atoms with Gasteiger partial charge < -0.3 is 24.0 Å². The smallest absolute Gasteiger partial charge is 0.338 e. The van der Waals surface area contributed by atoms with Crippen LogP contribution in [-0.4, -0.2) is 63.8 Å². The van der Waals surface area contributed by atoms with Gasteiger partial charge in [-0.2, -0.15) is 0 Å². The van der Waals surface area contributed by atoms with Crippen molar-refractivity contribution in [1.29, 1.82) is 0 Å². The van der Waals surface area contributed by atoms with Crippen LogP contribution >= 0.6 is 0 Å². The van der Waals surface area contributed by atoms with Gasteiger partial charge in [0.1, 0.15) is 25.4 Å². The fourth-order valence-electron chi connectivity index (χ4n) is 3.38. The predicted octanol–water partition coefficient (Wildman–Crippen LogP) is 0.926. The van der Waals surface area contributed by atoms with Crippen LogP contribution in [-0.2, 0) is 27.4 Å². The van der Waals surface area contributed by atoms with Gasteiger partial charge in [-0.05, 0) is 18.2 Å². The lowest BCUT2D eigenvalue weighted by molar-refractivity contribution is -0.921. The molecule has 3 rings (SSSR count). The number of para-hydroxylation sites is 1. The van der Waals surface area contributed by atoms with E-state index in [4.69, 9.17) is 14.2 Å². The largest absolute Gasteiger partial charge is 0.496 e. The van der Waals surface area contributed by atoms with Crippen molar-refractivity contribution in [2.75, 3.05) is 47.1 Å². The molecule has 0 bridgehead atoms. The summed E-state index contributed by atoms with van der Waals surface area (Å²) in [6, 6.07) is 14.9. The minimum atomic E-state index is -0.501. The Hall–Kier alpha value is -2.90. The van der Waals surface area contributed by atoms with Gasteiger partial charge in [0.2, 0.25) is 0 Å². The molecule has 1 saturated heterocycles. The standard InChI is InChI=1S/C23H28N2O5/c1-24(16-20-5-3-4-6-21(20)28-2)22(26)17-30-23(27)19-9-7-18(8-10-19)15-25-11-13-29-14-12-25/h3-10H,11-17H2,1-2H3/p+1. The third kappa shape index (κ3) is 6.05. The van der Waals surface area contributed by atoms with Gasteiger partial charge >= 0.3 is 5.97 Å². The van der Waals surface area contributed by atoms with Gasteiger partial charge in [0, 0.05) is 24.7 Å². The van der Waals surface area contributed by atoms with Crippen LogP contribution in [0.3, 0.4) is 0 Å². The second-order valence-corrected chi connectivity index (χ2v) is 7.37. The monoisotopic (exact) mass is 413 g/mol. The molecular weight excluding hydrogens is 384 g/mol. The third-order valence-electron chi connectivity index (χ3n) is 5.20. The number of rotatable bonds is 8. The van der Waals surface area contributed by atoms with Gasteiger partial charge in [-0.25, -0.2) is 4.79 Å². The molecule has 2 aromatic rings. The number of methoxy groups -OCH3 is 1. The molecule has 1 amide bonds. The molecule has 1 aliphatic heterocycles. The number of quaternary nitrogens is 1. The SMILES string of the molecule is COc1ccccc1CN(C)C(=O)COC(=O)c1ccc(C[NH+]2CCOCC2)cc1. The molecule has 160 valence electrons. The van der Waals surface area contributed by atoms with Crippen LogP contribution < -0.4 is 9.64 Å². The first-order valence-corrected chi connectivity index (χ1v) is 10.1. The Morgan fingerprint density at radius 1 is 1.07 bits per heavy atom. The number of nitrogens with one attached hydrogen (secondary N) is 1. The summed E-state index contributed by atoms with van der Waals surface area (Å²) in [5, 5.41) is 0. The maximum Gasteiger partial charge on any atom is 0.338 e. The molecule has 30 heavy (non-hydrogen) atoms. The summed E-state index contributed by atoms with van der Waals surface area (Å²) in [5.41, 5.74) is 2.49. The molecule has 1 aliphatic rings. The predicted molar refractivity (Wildman–Crippen MR) is 111 cm³/mol. The zero-order chi connectivity index (χ0) is 21.3. The van der Waals surface area contributed by atoms with Crippen LogP contribution in [0.1, 0.15) is 21.5 Å². The van der Waals surface area contributed by atoms with Crippen molar-refractivity contribution in [2.45, 2.75) is 13.1 Å². The summed E-state index contributed by atoms with van der Waals surface area (Å²) in [5.74, 6) is -0.0609. The van der Waals surface area contributed by atoms with E-state index in [9.17, 15) is 9.59 Å². The number of hydrogen-bond acceptors (Lipinski definition) is 5. The number of likely N-dealkylation sites (N-methyl/N-ethyl adjacent to an activating group) is 1. The van der Waals surface area contributed by atoms with E-state index in [1.807, 2.05) is 36.4 Å². The molecule has 1 heterocycles. The Bertz CT molecular complexity index is 847. The van der Waals surface area contributed by atoms with Crippen LogP contribution in [0.25, 0.3) is 0 Å². The van der Waals surface area contributed by atoms with Crippen LogP contribution in [0.2, 0.25) is 0 Å². The Kier molecular flexibility index (Phi) is 7.82. The first-order chi connectivity index (χ1) is 14.6. The molecule has 1 N–H and O–H groups in total. The number of morpholine rings is 1. The molecule has 0 aliphatic carbocycles. The Labute approximate surface area is 177 Å². The molecule has 2 aromatic carbocycles. The van der Waals surface area contributed by atoms with E-state index >= 15 is 0 Å². The highest BCUT2D eigenvalue weighted by Gasteiger charge is 2.17. The minimum absolute atomic E-state index is 0.276. The number of esters is 1. The van der Waals surface area contributed by atoms with E-state index in [1.165, 1.54) is 9.80 Å². The second kappa shape index (κ2) is 10.8. The maximum atomic E-state index is 12.4. The third-order valence-corrected chi connectivity index (χ3v) is 5.20. The number of nitrogens with zero attached hydrogens (tertiary/aromatic N) is 1. The quantitative estimate of drug-likeness (QED) is 0.652. The minimum Gasteiger partial charge on any atom is -0.496 e. The summed E-state index contributed by atoms with van der Waals surface area (Å²) in [7, 11) is 3.27. The lowest BCUT2D eigenvalue weighted by Crippen LogP contribution is -3.12. The zero-order valence-electron chi connectivity index (χ0n) is 17.6. The van der Waals surface area contributed by atoms with Crippen LogP contribution in [0, 0.1) is 0 Å². The summed E-state index contributed by atoms with van der Waals surface area (Å²) in [6.45, 7) is 4.55. The van der Waals surface area contributed by atoms with Crippen LogP contribution in [0.5, 0.6) is 5.75 Å². The van der Waals surface area contributed by atoms with E-state index in [0.29, 0.717) is 17.9 Å². The van der Waals surface area contributed by atoms with Crippen molar-refractivity contribution >= 4 is 11.9 Å². The summed E-state index contributed by atoms with van der Waals surface area (Å²) >= 11 is 0. The van der Waals surface area contributed by atoms with Crippen molar-refractivity contribution < 1.29 is 28.7 Å².